The van der Waals surface area contributed by atoms with E-state index in [1.807, 2.05) is 0 Å². The number of benzene rings is 1. The summed E-state index contributed by atoms with van der Waals surface area (Å²) in [6.45, 7) is 0.209. The zero-order valence-corrected chi connectivity index (χ0v) is 15.6. The third-order valence-corrected chi connectivity index (χ3v) is 4.37. The molecule has 3 heterocycles. The molecule has 0 bridgehead atoms. The number of halogens is 4. The van der Waals surface area contributed by atoms with Gasteiger partial charge in [-0.1, -0.05) is 0 Å². The zero-order valence-electron chi connectivity index (χ0n) is 15.6. The van der Waals surface area contributed by atoms with Crippen molar-refractivity contribution >= 4 is 11.5 Å². The molecule has 1 aromatic carbocycles. The van der Waals surface area contributed by atoms with Gasteiger partial charge in [0, 0.05) is 29.1 Å². The van der Waals surface area contributed by atoms with E-state index < -0.39 is 24.6 Å². The summed E-state index contributed by atoms with van der Waals surface area (Å²) in [6.07, 6.45) is 2.18. The molecule has 1 atom stereocenters. The molecular weight excluding hydrogens is 404 g/mol. The van der Waals surface area contributed by atoms with Gasteiger partial charge in [-0.05, 0) is 31.2 Å². The highest BCUT2D eigenvalue weighted by Gasteiger charge is 2.29. The molecule has 2 N–H and O–H groups in total. The van der Waals surface area contributed by atoms with Crippen LogP contribution in [0.25, 0.3) is 16.8 Å². The second-order valence-electron chi connectivity index (χ2n) is 6.58. The molecule has 0 amide bonds. The average Bonchev–Trinajstić information content (AvgIpc) is 3.35. The number of fused-ring (bicyclic) bond motifs is 1. The standard InChI is InChI=1S/C19H16F4N6O/c1-11(14-6-13(20)2-3-16(14)30-10-19(21,22)23)27-17-4-5-29-18(28-17)15(9-26-29)12-7-24-25-8-12/h2-9,11H,10H2,1H3,(H,24,25)(H,27,28). The van der Waals surface area contributed by atoms with Crippen LogP contribution in [0.1, 0.15) is 18.5 Å². The van der Waals surface area contributed by atoms with Gasteiger partial charge in [-0.3, -0.25) is 5.10 Å². The highest BCUT2D eigenvalue weighted by Crippen LogP contribution is 2.30. The van der Waals surface area contributed by atoms with Gasteiger partial charge in [0.05, 0.1) is 18.4 Å². The van der Waals surface area contributed by atoms with Crippen molar-refractivity contribution < 1.29 is 22.3 Å². The van der Waals surface area contributed by atoms with Crippen LogP contribution >= 0.6 is 0 Å². The Kier molecular flexibility index (Phi) is 5.02. The number of nitrogens with zero attached hydrogens (tertiary/aromatic N) is 4. The first-order valence-electron chi connectivity index (χ1n) is 8.89. The number of hydrogen-bond acceptors (Lipinski definition) is 5. The molecule has 0 aliphatic carbocycles. The van der Waals surface area contributed by atoms with Gasteiger partial charge in [-0.15, -0.1) is 0 Å². The van der Waals surface area contributed by atoms with Crippen LogP contribution in [0.2, 0.25) is 0 Å². The van der Waals surface area contributed by atoms with Crippen molar-refractivity contribution in [2.75, 3.05) is 11.9 Å². The highest BCUT2D eigenvalue weighted by molar-refractivity contribution is 5.76. The molecule has 0 saturated heterocycles. The number of aromatic amines is 1. The number of ether oxygens (including phenoxy) is 1. The van der Waals surface area contributed by atoms with Crippen LogP contribution < -0.4 is 10.1 Å². The molecule has 156 valence electrons. The lowest BCUT2D eigenvalue weighted by molar-refractivity contribution is -0.153. The van der Waals surface area contributed by atoms with Gasteiger partial charge in [-0.2, -0.15) is 23.4 Å². The Bertz CT molecular complexity index is 1160. The van der Waals surface area contributed by atoms with E-state index >= 15 is 0 Å². The smallest absolute Gasteiger partial charge is 0.422 e. The molecule has 1 unspecified atom stereocenters. The van der Waals surface area contributed by atoms with Crippen LogP contribution in [-0.4, -0.2) is 37.6 Å². The van der Waals surface area contributed by atoms with Crippen LogP contribution in [0.5, 0.6) is 5.75 Å². The predicted molar refractivity (Wildman–Crippen MR) is 101 cm³/mol. The number of hydrogen-bond donors (Lipinski definition) is 2. The van der Waals surface area contributed by atoms with Crippen molar-refractivity contribution in [1.29, 1.82) is 0 Å². The monoisotopic (exact) mass is 420 g/mol. The molecule has 30 heavy (non-hydrogen) atoms. The zero-order chi connectivity index (χ0) is 21.3. The van der Waals surface area contributed by atoms with Crippen molar-refractivity contribution in [2.45, 2.75) is 19.1 Å². The quantitative estimate of drug-likeness (QED) is 0.453. The number of rotatable bonds is 6. The Hall–Kier alpha value is -3.63. The van der Waals surface area contributed by atoms with Gasteiger partial charge in [0.15, 0.2) is 12.3 Å². The third-order valence-electron chi connectivity index (χ3n) is 4.37. The Morgan fingerprint density at radius 3 is 2.80 bits per heavy atom. The Morgan fingerprint density at radius 1 is 1.23 bits per heavy atom. The summed E-state index contributed by atoms with van der Waals surface area (Å²) in [5.74, 6) is -0.205. The molecule has 3 aromatic heterocycles. The molecule has 11 heteroatoms. The van der Waals surface area contributed by atoms with Gasteiger partial charge in [-0.25, -0.2) is 13.9 Å². The first-order valence-corrected chi connectivity index (χ1v) is 8.89. The Balaban J connectivity index is 1.61. The van der Waals surface area contributed by atoms with Crippen molar-refractivity contribution in [3.8, 4) is 16.9 Å². The fourth-order valence-corrected chi connectivity index (χ4v) is 3.00. The molecule has 7 nitrogen and oxygen atoms in total. The summed E-state index contributed by atoms with van der Waals surface area (Å²) in [6, 6.07) is 4.44. The average molecular weight is 420 g/mol. The summed E-state index contributed by atoms with van der Waals surface area (Å²) in [5.41, 5.74) is 2.35. The molecule has 0 radical (unpaired) electrons. The van der Waals surface area contributed by atoms with E-state index in [0.29, 0.717) is 11.5 Å². The van der Waals surface area contributed by atoms with E-state index in [4.69, 9.17) is 4.74 Å². The minimum atomic E-state index is -4.50. The number of H-pyrrole nitrogens is 1. The molecule has 0 spiro atoms. The highest BCUT2D eigenvalue weighted by atomic mass is 19.4. The van der Waals surface area contributed by atoms with Crippen LogP contribution in [0.15, 0.2) is 49.1 Å². The Labute approximate surface area is 167 Å². The van der Waals surface area contributed by atoms with E-state index in [-0.39, 0.29) is 11.3 Å². The SMILES string of the molecule is CC(Nc1ccn2ncc(-c3cn[nH]c3)c2n1)c1cc(F)ccc1OCC(F)(F)F. The number of aromatic nitrogens is 5. The van der Waals surface area contributed by atoms with Crippen LogP contribution in [-0.2, 0) is 0 Å². The van der Waals surface area contributed by atoms with Crippen LogP contribution in [0, 0.1) is 5.82 Å². The van der Waals surface area contributed by atoms with Gasteiger partial charge < -0.3 is 10.1 Å². The molecular formula is C19H16F4N6O. The predicted octanol–water partition coefficient (Wildman–Crippen LogP) is 4.37. The van der Waals surface area contributed by atoms with Crippen molar-refractivity contribution in [1.82, 2.24) is 24.8 Å². The van der Waals surface area contributed by atoms with E-state index in [1.165, 1.54) is 6.07 Å². The lowest BCUT2D eigenvalue weighted by atomic mass is 10.1. The minimum Gasteiger partial charge on any atom is -0.484 e. The van der Waals surface area contributed by atoms with E-state index in [0.717, 1.165) is 23.3 Å². The summed E-state index contributed by atoms with van der Waals surface area (Å²) in [5, 5.41) is 13.9. The van der Waals surface area contributed by atoms with Gasteiger partial charge in [0.25, 0.3) is 0 Å². The fraction of sp³-hybridized carbons (Fsp3) is 0.211. The maximum absolute atomic E-state index is 13.8. The van der Waals surface area contributed by atoms with Crippen LogP contribution in [0.3, 0.4) is 0 Å². The number of anilines is 1. The third kappa shape index (κ3) is 4.19. The second kappa shape index (κ2) is 7.65. The van der Waals surface area contributed by atoms with Gasteiger partial charge in [0.1, 0.15) is 17.4 Å². The summed E-state index contributed by atoms with van der Waals surface area (Å²) in [4.78, 5) is 4.53. The fourth-order valence-electron chi connectivity index (χ4n) is 3.00. The first kappa shape index (κ1) is 19.7. The molecule has 0 fully saturated rings. The van der Waals surface area contributed by atoms with E-state index in [9.17, 15) is 17.6 Å². The van der Waals surface area contributed by atoms with E-state index in [2.05, 4.69) is 25.6 Å². The van der Waals surface area contributed by atoms with Crippen molar-refractivity contribution in [2.24, 2.45) is 0 Å². The summed E-state index contributed by atoms with van der Waals surface area (Å²) < 4.78 is 57.8. The van der Waals surface area contributed by atoms with Gasteiger partial charge in [0.2, 0.25) is 0 Å². The second-order valence-corrected chi connectivity index (χ2v) is 6.58. The maximum Gasteiger partial charge on any atom is 0.422 e. The molecule has 0 aliphatic heterocycles. The maximum atomic E-state index is 13.8. The first-order chi connectivity index (χ1) is 14.3. The number of nitrogens with one attached hydrogen (secondary N) is 2. The lowest BCUT2D eigenvalue weighted by Crippen LogP contribution is -2.20. The molecule has 4 aromatic rings. The Morgan fingerprint density at radius 2 is 2.07 bits per heavy atom. The molecule has 4 rings (SSSR count). The minimum absolute atomic E-state index is 0.0572. The van der Waals surface area contributed by atoms with Crippen molar-refractivity contribution in [3.63, 3.8) is 0 Å². The van der Waals surface area contributed by atoms with Gasteiger partial charge >= 0.3 is 6.18 Å². The van der Waals surface area contributed by atoms with Crippen LogP contribution in [0.4, 0.5) is 23.4 Å². The lowest BCUT2D eigenvalue weighted by Gasteiger charge is -2.19. The van der Waals surface area contributed by atoms with Crippen molar-refractivity contribution in [3.05, 3.63) is 60.4 Å². The summed E-state index contributed by atoms with van der Waals surface area (Å²) in [7, 11) is 0. The molecule has 0 aliphatic rings. The molecule has 0 saturated carbocycles. The summed E-state index contributed by atoms with van der Waals surface area (Å²) >= 11 is 0. The number of alkyl halides is 3. The normalized spacial score (nSPS) is 12.8. The largest absolute Gasteiger partial charge is 0.484 e. The van der Waals surface area contributed by atoms with E-state index in [1.54, 1.807) is 42.3 Å². The topological polar surface area (TPSA) is 80.1 Å².